The van der Waals surface area contributed by atoms with Gasteiger partial charge in [0.25, 0.3) is 0 Å². The zero-order valence-corrected chi connectivity index (χ0v) is 8.25. The molecule has 1 N–H and O–H groups in total. The zero-order valence-electron chi connectivity index (χ0n) is 8.25. The number of carbonyl (C=O) groups excluding carboxylic acids is 1. The van der Waals surface area contributed by atoms with E-state index in [4.69, 9.17) is 0 Å². The van der Waals surface area contributed by atoms with Crippen molar-refractivity contribution in [1.29, 1.82) is 0 Å². The van der Waals surface area contributed by atoms with Gasteiger partial charge < -0.3 is 10.1 Å². The summed E-state index contributed by atoms with van der Waals surface area (Å²) in [7, 11) is 1.38. The average Bonchev–Trinajstić information content (AvgIpc) is 2.52. The Balaban J connectivity index is 2.25. The number of ether oxygens (including phenoxy) is 1. The van der Waals surface area contributed by atoms with Gasteiger partial charge in [-0.2, -0.15) is 0 Å². The van der Waals surface area contributed by atoms with E-state index in [2.05, 4.69) is 17.0 Å². The highest BCUT2D eigenvalue weighted by atomic mass is 16.5. The lowest BCUT2D eigenvalue weighted by molar-refractivity contribution is -0.134. The van der Waals surface area contributed by atoms with Crippen molar-refractivity contribution in [2.45, 2.75) is 32.2 Å². The van der Waals surface area contributed by atoms with Crippen molar-refractivity contribution in [1.82, 2.24) is 5.32 Å². The second-order valence-corrected chi connectivity index (χ2v) is 3.54. The Morgan fingerprint density at radius 2 is 2.31 bits per heavy atom. The Hall–Kier alpha value is -0.990. The molecule has 2 atom stereocenters. The first-order valence-electron chi connectivity index (χ1n) is 4.74. The summed E-state index contributed by atoms with van der Waals surface area (Å²) in [6.45, 7) is 2.23. The van der Waals surface area contributed by atoms with Gasteiger partial charge in [-0.3, -0.25) is 0 Å². The van der Waals surface area contributed by atoms with Crippen molar-refractivity contribution in [2.24, 2.45) is 5.92 Å². The van der Waals surface area contributed by atoms with Crippen molar-refractivity contribution in [2.75, 3.05) is 7.11 Å². The fourth-order valence-corrected chi connectivity index (χ4v) is 1.70. The lowest BCUT2D eigenvalue weighted by atomic mass is 10.1. The lowest BCUT2D eigenvalue weighted by Gasteiger charge is -2.14. The molecule has 1 saturated carbocycles. The molecule has 1 rings (SSSR count). The minimum Gasteiger partial charge on any atom is -0.466 e. The van der Waals surface area contributed by atoms with Gasteiger partial charge in [-0.05, 0) is 18.8 Å². The molecule has 0 spiro atoms. The van der Waals surface area contributed by atoms with Gasteiger partial charge in [0, 0.05) is 18.3 Å². The molecule has 0 saturated heterocycles. The second-order valence-electron chi connectivity index (χ2n) is 3.54. The standard InChI is InChI=1S/C10H17NO2/c1-8-4-3-5-9(8)11-7-6-10(12)13-2/h6-9,11H,3-5H2,1-2H3/b7-6+. The number of nitrogens with one attached hydrogen (secondary N) is 1. The van der Waals surface area contributed by atoms with Crippen LogP contribution in [0.25, 0.3) is 0 Å². The quantitative estimate of drug-likeness (QED) is 0.531. The smallest absolute Gasteiger partial charge is 0.331 e. The van der Waals surface area contributed by atoms with Crippen LogP contribution in [0.2, 0.25) is 0 Å². The van der Waals surface area contributed by atoms with Crippen molar-refractivity contribution in [3.05, 3.63) is 12.3 Å². The molecule has 0 aromatic carbocycles. The number of hydrogen-bond donors (Lipinski definition) is 1. The maximum Gasteiger partial charge on any atom is 0.331 e. The summed E-state index contributed by atoms with van der Waals surface area (Å²) in [6.07, 6.45) is 6.88. The van der Waals surface area contributed by atoms with Crippen LogP contribution < -0.4 is 5.32 Å². The molecule has 0 aliphatic heterocycles. The molecule has 1 aliphatic rings. The summed E-state index contributed by atoms with van der Waals surface area (Å²) in [5, 5.41) is 3.22. The molecule has 0 bridgehead atoms. The average molecular weight is 183 g/mol. The van der Waals surface area contributed by atoms with E-state index >= 15 is 0 Å². The van der Waals surface area contributed by atoms with E-state index in [0.717, 1.165) is 0 Å². The maximum atomic E-state index is 10.7. The summed E-state index contributed by atoms with van der Waals surface area (Å²) < 4.78 is 4.48. The van der Waals surface area contributed by atoms with Crippen molar-refractivity contribution >= 4 is 5.97 Å². The van der Waals surface area contributed by atoms with Crippen LogP contribution >= 0.6 is 0 Å². The monoisotopic (exact) mass is 183 g/mol. The highest BCUT2D eigenvalue weighted by molar-refractivity contribution is 5.81. The van der Waals surface area contributed by atoms with Crippen LogP contribution in [0.1, 0.15) is 26.2 Å². The number of carbonyl (C=O) groups is 1. The van der Waals surface area contributed by atoms with Crippen LogP contribution in [0, 0.1) is 5.92 Å². The van der Waals surface area contributed by atoms with Gasteiger partial charge in [0.05, 0.1) is 7.11 Å². The van der Waals surface area contributed by atoms with E-state index in [9.17, 15) is 4.79 Å². The first kappa shape index (κ1) is 10.1. The summed E-state index contributed by atoms with van der Waals surface area (Å²) in [4.78, 5) is 10.7. The maximum absolute atomic E-state index is 10.7. The van der Waals surface area contributed by atoms with Gasteiger partial charge in [-0.15, -0.1) is 0 Å². The third kappa shape index (κ3) is 3.09. The fourth-order valence-electron chi connectivity index (χ4n) is 1.70. The van der Waals surface area contributed by atoms with Crippen molar-refractivity contribution in [3.8, 4) is 0 Å². The molecule has 74 valence electrons. The van der Waals surface area contributed by atoms with E-state index in [1.54, 1.807) is 6.20 Å². The normalized spacial score (nSPS) is 27.8. The molecule has 0 amide bonds. The van der Waals surface area contributed by atoms with E-state index in [-0.39, 0.29) is 5.97 Å². The topological polar surface area (TPSA) is 38.3 Å². The molecule has 1 fully saturated rings. The molecular formula is C10H17NO2. The molecule has 13 heavy (non-hydrogen) atoms. The first-order chi connectivity index (χ1) is 6.24. The summed E-state index contributed by atoms with van der Waals surface area (Å²) in [5.74, 6) is 0.403. The van der Waals surface area contributed by atoms with Crippen LogP contribution in [0.15, 0.2) is 12.3 Å². The number of esters is 1. The van der Waals surface area contributed by atoms with Gasteiger partial charge in [0.15, 0.2) is 0 Å². The highest BCUT2D eigenvalue weighted by Gasteiger charge is 2.21. The molecule has 3 nitrogen and oxygen atoms in total. The Morgan fingerprint density at radius 1 is 1.54 bits per heavy atom. The predicted molar refractivity (Wildman–Crippen MR) is 51.1 cm³/mol. The fraction of sp³-hybridized carbons (Fsp3) is 0.700. The largest absolute Gasteiger partial charge is 0.466 e. The summed E-state index contributed by atoms with van der Waals surface area (Å²) >= 11 is 0. The van der Waals surface area contributed by atoms with E-state index in [0.29, 0.717) is 12.0 Å². The Morgan fingerprint density at radius 3 is 2.85 bits per heavy atom. The minimum absolute atomic E-state index is 0.307. The molecule has 0 aromatic rings. The lowest BCUT2D eigenvalue weighted by Crippen LogP contribution is -2.26. The van der Waals surface area contributed by atoms with Crippen LogP contribution in [0.3, 0.4) is 0 Å². The molecule has 0 radical (unpaired) electrons. The summed E-state index contributed by atoms with van der Waals surface area (Å²) in [5.41, 5.74) is 0. The van der Waals surface area contributed by atoms with E-state index < -0.39 is 0 Å². The van der Waals surface area contributed by atoms with Gasteiger partial charge >= 0.3 is 5.97 Å². The Kier molecular flexibility index (Phi) is 3.80. The molecule has 0 aromatic heterocycles. The molecule has 0 heterocycles. The Labute approximate surface area is 79.2 Å². The van der Waals surface area contributed by atoms with Gasteiger partial charge in [-0.25, -0.2) is 4.79 Å². The zero-order chi connectivity index (χ0) is 9.68. The van der Waals surface area contributed by atoms with Gasteiger partial charge in [0.2, 0.25) is 0 Å². The molecule has 2 unspecified atom stereocenters. The van der Waals surface area contributed by atoms with Crippen LogP contribution in [0.4, 0.5) is 0 Å². The van der Waals surface area contributed by atoms with E-state index in [1.807, 2.05) is 0 Å². The number of hydrogen-bond acceptors (Lipinski definition) is 3. The second kappa shape index (κ2) is 4.90. The molecule has 1 aliphatic carbocycles. The van der Waals surface area contributed by atoms with Crippen LogP contribution in [-0.4, -0.2) is 19.1 Å². The summed E-state index contributed by atoms with van der Waals surface area (Å²) in [6, 6.07) is 0.529. The van der Waals surface area contributed by atoms with Crippen LogP contribution in [-0.2, 0) is 9.53 Å². The minimum atomic E-state index is -0.307. The molecule has 3 heteroatoms. The van der Waals surface area contributed by atoms with E-state index in [1.165, 1.54) is 32.4 Å². The van der Waals surface area contributed by atoms with Crippen molar-refractivity contribution in [3.63, 3.8) is 0 Å². The van der Waals surface area contributed by atoms with Gasteiger partial charge in [-0.1, -0.05) is 13.3 Å². The SMILES string of the molecule is COC(=O)/C=C/NC1CCCC1C. The molecular weight excluding hydrogens is 166 g/mol. The highest BCUT2D eigenvalue weighted by Crippen LogP contribution is 2.24. The third-order valence-electron chi connectivity index (χ3n) is 2.59. The Bertz CT molecular complexity index is 201. The van der Waals surface area contributed by atoms with Crippen LogP contribution in [0.5, 0.6) is 0 Å². The number of methoxy groups -OCH3 is 1. The van der Waals surface area contributed by atoms with Gasteiger partial charge in [0.1, 0.15) is 0 Å². The number of rotatable bonds is 3. The van der Waals surface area contributed by atoms with Crippen molar-refractivity contribution < 1.29 is 9.53 Å². The first-order valence-corrected chi connectivity index (χ1v) is 4.74. The predicted octanol–water partition coefficient (Wildman–Crippen LogP) is 1.45. The third-order valence-corrected chi connectivity index (χ3v) is 2.59.